The van der Waals surface area contributed by atoms with Crippen LogP contribution in [0.4, 0.5) is 17.6 Å². The minimum absolute atomic E-state index is 0.146. The molecule has 0 radical (unpaired) electrons. The molecule has 3 N–H and O–H groups in total. The van der Waals surface area contributed by atoms with E-state index in [1.165, 1.54) is 0 Å². The number of hydrogen-bond acceptors (Lipinski definition) is 3. The Bertz CT molecular complexity index is 430. The van der Waals surface area contributed by atoms with Gasteiger partial charge in [-0.15, -0.1) is 0 Å². The molecule has 0 fully saturated rings. The molecule has 1 aromatic rings. The van der Waals surface area contributed by atoms with E-state index in [1.807, 2.05) is 0 Å². The van der Waals surface area contributed by atoms with E-state index < -0.39 is 24.1 Å². The Morgan fingerprint density at radius 1 is 1.42 bits per heavy atom. The molecule has 0 saturated heterocycles. The molecule has 0 aromatic heterocycles. The van der Waals surface area contributed by atoms with Crippen LogP contribution in [-0.2, 0) is 0 Å². The quantitative estimate of drug-likeness (QED) is 0.841. The molecule has 1 aromatic carbocycles. The van der Waals surface area contributed by atoms with Crippen molar-refractivity contribution < 1.29 is 27.4 Å². The second-order valence-corrected chi connectivity index (χ2v) is 4.17. The average Bonchev–Trinajstić information content (AvgIpc) is 2.30. The molecule has 0 unspecified atom stereocenters. The Balaban J connectivity index is 3.09. The van der Waals surface area contributed by atoms with Crippen molar-refractivity contribution in [2.45, 2.75) is 25.2 Å². The molecule has 0 heterocycles. The monoisotopic (exact) mass is 301 g/mol. The number of ether oxygens (including phenoxy) is 1. The standard InChI is InChI=1S/C11H12ClF4NO2/c1-2-19-9-6(12)3-5(4-7(9)13)8(17)10(18)11(14,15)16/h3-4,8,10,18H,2,17H2,1H3/t8-,10-/m0/s1. The molecular weight excluding hydrogens is 290 g/mol. The number of nitrogens with two attached hydrogens (primary N) is 1. The van der Waals surface area contributed by atoms with Crippen LogP contribution in [-0.4, -0.2) is 24.0 Å². The second-order valence-electron chi connectivity index (χ2n) is 3.76. The van der Waals surface area contributed by atoms with Gasteiger partial charge in [-0.25, -0.2) is 4.39 Å². The fourth-order valence-corrected chi connectivity index (χ4v) is 1.71. The molecule has 8 heteroatoms. The summed E-state index contributed by atoms with van der Waals surface area (Å²) in [5.41, 5.74) is 4.98. The van der Waals surface area contributed by atoms with Gasteiger partial charge in [0.15, 0.2) is 17.7 Å². The zero-order valence-corrected chi connectivity index (χ0v) is 10.6. The van der Waals surface area contributed by atoms with E-state index in [0.29, 0.717) is 0 Å². The van der Waals surface area contributed by atoms with Gasteiger partial charge in [0.1, 0.15) is 0 Å². The van der Waals surface area contributed by atoms with Gasteiger partial charge >= 0.3 is 6.18 Å². The molecule has 0 bridgehead atoms. The van der Waals surface area contributed by atoms with Gasteiger partial charge in [0, 0.05) is 0 Å². The van der Waals surface area contributed by atoms with Crippen LogP contribution in [0.15, 0.2) is 12.1 Å². The van der Waals surface area contributed by atoms with Crippen molar-refractivity contribution in [3.8, 4) is 5.75 Å². The summed E-state index contributed by atoms with van der Waals surface area (Å²) in [6.45, 7) is 1.75. The van der Waals surface area contributed by atoms with Crippen LogP contribution < -0.4 is 10.5 Å². The molecule has 0 spiro atoms. The van der Waals surface area contributed by atoms with Crippen LogP contribution in [0.1, 0.15) is 18.5 Å². The summed E-state index contributed by atoms with van der Waals surface area (Å²) < 4.78 is 55.4. The summed E-state index contributed by atoms with van der Waals surface area (Å²) in [4.78, 5) is 0. The molecule has 19 heavy (non-hydrogen) atoms. The summed E-state index contributed by atoms with van der Waals surface area (Å²) in [6.07, 6.45) is -7.71. The van der Waals surface area contributed by atoms with Crippen molar-refractivity contribution in [2.24, 2.45) is 5.73 Å². The van der Waals surface area contributed by atoms with Crippen molar-refractivity contribution in [3.05, 3.63) is 28.5 Å². The number of rotatable bonds is 4. The first-order valence-corrected chi connectivity index (χ1v) is 5.68. The molecule has 108 valence electrons. The highest BCUT2D eigenvalue weighted by atomic mass is 35.5. The number of hydrogen-bond donors (Lipinski definition) is 2. The number of alkyl halides is 3. The summed E-state index contributed by atoms with van der Waals surface area (Å²) in [5.74, 6) is -1.20. The molecule has 1 rings (SSSR count). The maximum atomic E-state index is 13.6. The van der Waals surface area contributed by atoms with E-state index in [2.05, 4.69) is 0 Å². The first kappa shape index (κ1) is 16.0. The summed E-state index contributed by atoms with van der Waals surface area (Å²) in [6, 6.07) is -0.0335. The lowest BCUT2D eigenvalue weighted by Gasteiger charge is -2.22. The molecule has 0 aliphatic rings. The highest BCUT2D eigenvalue weighted by Gasteiger charge is 2.43. The SMILES string of the molecule is CCOc1c(F)cc([C@H](N)[C@H](O)C(F)(F)F)cc1Cl. The van der Waals surface area contributed by atoms with Gasteiger partial charge in [-0.2, -0.15) is 13.2 Å². The lowest BCUT2D eigenvalue weighted by molar-refractivity contribution is -0.210. The third-order valence-electron chi connectivity index (χ3n) is 2.37. The molecule has 3 nitrogen and oxygen atoms in total. The van der Waals surface area contributed by atoms with Crippen molar-refractivity contribution >= 4 is 11.6 Å². The van der Waals surface area contributed by atoms with Crippen LogP contribution in [0, 0.1) is 5.82 Å². The van der Waals surface area contributed by atoms with Crippen LogP contribution in [0.5, 0.6) is 5.75 Å². The van der Waals surface area contributed by atoms with Gasteiger partial charge < -0.3 is 15.6 Å². The molecular formula is C11H12ClF4NO2. The van der Waals surface area contributed by atoms with Gasteiger partial charge in [0.05, 0.1) is 17.7 Å². The fourth-order valence-electron chi connectivity index (χ4n) is 1.44. The normalized spacial score (nSPS) is 15.2. The summed E-state index contributed by atoms with van der Waals surface area (Å²) >= 11 is 5.69. The third-order valence-corrected chi connectivity index (χ3v) is 2.65. The van der Waals surface area contributed by atoms with E-state index >= 15 is 0 Å². The Hall–Kier alpha value is -1.05. The van der Waals surface area contributed by atoms with E-state index in [1.54, 1.807) is 6.92 Å². The van der Waals surface area contributed by atoms with Crippen molar-refractivity contribution in [3.63, 3.8) is 0 Å². The van der Waals surface area contributed by atoms with E-state index in [-0.39, 0.29) is 22.9 Å². The van der Waals surface area contributed by atoms with Crippen LogP contribution >= 0.6 is 11.6 Å². The van der Waals surface area contributed by atoms with Gasteiger partial charge in [-0.1, -0.05) is 11.6 Å². The first-order valence-electron chi connectivity index (χ1n) is 5.30. The smallest absolute Gasteiger partial charge is 0.416 e. The maximum absolute atomic E-state index is 13.6. The molecule has 0 aliphatic carbocycles. The largest absolute Gasteiger partial charge is 0.489 e. The number of halogens is 5. The lowest BCUT2D eigenvalue weighted by Crippen LogP contribution is -2.38. The highest BCUT2D eigenvalue weighted by Crippen LogP contribution is 2.34. The lowest BCUT2D eigenvalue weighted by atomic mass is 10.0. The minimum atomic E-state index is -4.90. The van der Waals surface area contributed by atoms with Crippen molar-refractivity contribution in [1.29, 1.82) is 0 Å². The molecule has 2 atom stereocenters. The first-order chi connectivity index (χ1) is 8.68. The van der Waals surface area contributed by atoms with Gasteiger partial charge in [0.25, 0.3) is 0 Å². The summed E-state index contributed by atoms with van der Waals surface area (Å²) in [5, 5.41) is 8.81. The van der Waals surface area contributed by atoms with Gasteiger partial charge in [-0.05, 0) is 24.6 Å². The van der Waals surface area contributed by atoms with Crippen LogP contribution in [0.25, 0.3) is 0 Å². The third kappa shape index (κ3) is 3.71. The molecule has 0 aliphatic heterocycles. The Morgan fingerprint density at radius 3 is 2.42 bits per heavy atom. The van der Waals surface area contributed by atoms with Crippen LogP contribution in [0.2, 0.25) is 5.02 Å². The Kier molecular flexibility index (Phi) is 5.00. The minimum Gasteiger partial charge on any atom is -0.489 e. The summed E-state index contributed by atoms with van der Waals surface area (Å²) in [7, 11) is 0. The van der Waals surface area contributed by atoms with E-state index in [9.17, 15) is 17.6 Å². The predicted molar refractivity (Wildman–Crippen MR) is 61.6 cm³/mol. The van der Waals surface area contributed by atoms with Crippen LogP contribution in [0.3, 0.4) is 0 Å². The number of benzene rings is 1. The van der Waals surface area contributed by atoms with E-state index in [0.717, 1.165) is 12.1 Å². The zero-order valence-electron chi connectivity index (χ0n) is 9.84. The second kappa shape index (κ2) is 5.94. The fraction of sp³-hybridized carbons (Fsp3) is 0.455. The molecule has 0 saturated carbocycles. The Labute approximate surface area is 111 Å². The van der Waals surface area contributed by atoms with Crippen molar-refractivity contribution in [2.75, 3.05) is 6.61 Å². The van der Waals surface area contributed by atoms with Gasteiger partial charge in [-0.3, -0.25) is 0 Å². The van der Waals surface area contributed by atoms with E-state index in [4.69, 9.17) is 27.2 Å². The maximum Gasteiger partial charge on any atom is 0.416 e. The zero-order chi connectivity index (χ0) is 14.8. The average molecular weight is 302 g/mol. The molecule has 0 amide bonds. The number of aliphatic hydroxyl groups excluding tert-OH is 1. The highest BCUT2D eigenvalue weighted by molar-refractivity contribution is 6.32. The van der Waals surface area contributed by atoms with Gasteiger partial charge in [0.2, 0.25) is 0 Å². The number of aliphatic hydroxyl groups is 1. The topological polar surface area (TPSA) is 55.5 Å². The Morgan fingerprint density at radius 2 is 2.00 bits per heavy atom. The predicted octanol–water partition coefficient (Wildman–Crippen LogP) is 2.80. The van der Waals surface area contributed by atoms with Crippen molar-refractivity contribution in [1.82, 2.24) is 0 Å².